The molecular weight excluding hydrogens is 366 g/mol. The van der Waals surface area contributed by atoms with Crippen LogP contribution in [0.4, 0.5) is 0 Å². The van der Waals surface area contributed by atoms with E-state index in [0.717, 1.165) is 28.3 Å². The Morgan fingerprint density at radius 3 is 2.34 bits per heavy atom. The minimum Gasteiger partial charge on any atom is -0.497 e. The number of esters is 1. The molecule has 0 aromatic heterocycles. The van der Waals surface area contributed by atoms with Crippen molar-refractivity contribution in [1.82, 2.24) is 4.90 Å². The first-order valence-corrected chi connectivity index (χ1v) is 9.63. The number of ketones is 1. The minimum atomic E-state index is -0.494. The lowest BCUT2D eigenvalue weighted by molar-refractivity contribution is -0.138. The van der Waals surface area contributed by atoms with Crippen LogP contribution in [0.25, 0.3) is 5.70 Å². The molecule has 0 fully saturated rings. The molecule has 1 heterocycles. The monoisotopic (exact) mass is 389 g/mol. The Morgan fingerprint density at radius 1 is 1.07 bits per heavy atom. The summed E-state index contributed by atoms with van der Waals surface area (Å²) in [5.74, 6) is -0.216. The zero-order valence-corrected chi connectivity index (χ0v) is 17.0. The van der Waals surface area contributed by atoms with E-state index < -0.39 is 11.9 Å². The molecule has 2 aromatic rings. The predicted octanol–water partition coefficient (Wildman–Crippen LogP) is 4.17. The molecule has 5 nitrogen and oxygen atoms in total. The second-order valence-corrected chi connectivity index (χ2v) is 7.12. The molecular formula is C24H23NO4. The van der Waals surface area contributed by atoms with Gasteiger partial charge >= 0.3 is 5.97 Å². The van der Waals surface area contributed by atoms with Gasteiger partial charge in [0.05, 0.1) is 25.0 Å². The van der Waals surface area contributed by atoms with Crippen molar-refractivity contribution in [3.63, 3.8) is 0 Å². The van der Waals surface area contributed by atoms with Crippen molar-refractivity contribution in [2.24, 2.45) is 0 Å². The van der Waals surface area contributed by atoms with E-state index in [0.29, 0.717) is 16.7 Å². The molecule has 1 aliphatic heterocycles. The quantitative estimate of drug-likeness (QED) is 0.735. The van der Waals surface area contributed by atoms with Crippen LogP contribution < -0.4 is 4.74 Å². The second-order valence-electron chi connectivity index (χ2n) is 7.12. The Bertz CT molecular complexity index is 1060. The van der Waals surface area contributed by atoms with Gasteiger partial charge in [-0.3, -0.25) is 4.79 Å². The number of benzene rings is 2. The molecule has 2 aromatic carbocycles. The molecule has 29 heavy (non-hydrogen) atoms. The predicted molar refractivity (Wildman–Crippen MR) is 111 cm³/mol. The zero-order chi connectivity index (χ0) is 20.7. The third-order valence-electron chi connectivity index (χ3n) is 5.68. The lowest BCUT2D eigenvalue weighted by Crippen LogP contribution is -2.30. The Morgan fingerprint density at radius 2 is 1.72 bits per heavy atom. The van der Waals surface area contributed by atoms with Gasteiger partial charge in [-0.05, 0) is 31.5 Å². The lowest BCUT2D eigenvalue weighted by Gasteiger charge is -2.35. The maximum atomic E-state index is 13.4. The Kier molecular flexibility index (Phi) is 4.74. The van der Waals surface area contributed by atoms with Crippen LogP contribution in [0.1, 0.15) is 41.3 Å². The SMILES string of the molecule is CCOC(=O)C1=C(C)N(C)C2=C(C(=O)c3ccccc32)[C@H]1c1ccc(OC)cc1. The van der Waals surface area contributed by atoms with Crippen molar-refractivity contribution < 1.29 is 19.1 Å². The first-order chi connectivity index (χ1) is 14.0. The van der Waals surface area contributed by atoms with Gasteiger partial charge in [0.1, 0.15) is 5.75 Å². The first-order valence-electron chi connectivity index (χ1n) is 9.63. The summed E-state index contributed by atoms with van der Waals surface area (Å²) in [7, 11) is 3.50. The molecule has 148 valence electrons. The molecule has 0 saturated heterocycles. The minimum absolute atomic E-state index is 0.0439. The van der Waals surface area contributed by atoms with Gasteiger partial charge in [-0.25, -0.2) is 4.79 Å². The van der Waals surface area contributed by atoms with Crippen molar-refractivity contribution in [2.75, 3.05) is 20.8 Å². The number of nitrogens with zero attached hydrogens (tertiary/aromatic N) is 1. The molecule has 0 radical (unpaired) electrons. The summed E-state index contributed by atoms with van der Waals surface area (Å²) in [6, 6.07) is 15.1. The van der Waals surface area contributed by atoms with Crippen molar-refractivity contribution >= 4 is 17.4 Å². The number of allylic oxidation sites excluding steroid dienone is 2. The summed E-state index contributed by atoms with van der Waals surface area (Å²) < 4.78 is 10.7. The largest absolute Gasteiger partial charge is 0.497 e. The molecule has 2 aliphatic rings. The maximum absolute atomic E-state index is 13.4. The number of carbonyl (C=O) groups is 2. The van der Waals surface area contributed by atoms with E-state index in [2.05, 4.69) is 0 Å². The van der Waals surface area contributed by atoms with Gasteiger partial charge < -0.3 is 14.4 Å². The van der Waals surface area contributed by atoms with Gasteiger partial charge in [0.2, 0.25) is 0 Å². The highest BCUT2D eigenvalue weighted by molar-refractivity contribution is 6.23. The summed E-state index contributed by atoms with van der Waals surface area (Å²) in [5, 5.41) is 0. The summed E-state index contributed by atoms with van der Waals surface area (Å²) in [6.07, 6.45) is 0. The summed E-state index contributed by atoms with van der Waals surface area (Å²) in [5.41, 5.74) is 5.18. The number of rotatable bonds is 4. The standard InChI is InChI=1S/C24H23NO4/c1-5-29-24(27)19-14(2)25(3)22-17-8-6-7-9-18(17)23(26)21(22)20(19)15-10-12-16(28-4)13-11-15/h6-13,20H,5H2,1-4H3/t20-/m0/s1. The Hall–Kier alpha value is -3.34. The number of carbonyl (C=O) groups excluding carboxylic acids is 2. The van der Waals surface area contributed by atoms with Gasteiger partial charge in [-0.15, -0.1) is 0 Å². The van der Waals surface area contributed by atoms with Crippen LogP contribution in [0.5, 0.6) is 5.75 Å². The number of fused-ring (bicyclic) bond motifs is 2. The van der Waals surface area contributed by atoms with E-state index in [4.69, 9.17) is 9.47 Å². The molecule has 1 aliphatic carbocycles. The zero-order valence-electron chi connectivity index (χ0n) is 17.0. The fourth-order valence-electron chi connectivity index (χ4n) is 4.22. The van der Waals surface area contributed by atoms with E-state index in [1.54, 1.807) is 14.0 Å². The van der Waals surface area contributed by atoms with Gasteiger partial charge in [0, 0.05) is 35.4 Å². The van der Waals surface area contributed by atoms with Crippen LogP contribution in [-0.2, 0) is 9.53 Å². The average molecular weight is 389 g/mol. The topological polar surface area (TPSA) is 55.8 Å². The van der Waals surface area contributed by atoms with Crippen LogP contribution in [0, 0.1) is 0 Å². The summed E-state index contributed by atoms with van der Waals surface area (Å²) in [6.45, 7) is 3.96. The van der Waals surface area contributed by atoms with Crippen molar-refractivity contribution in [2.45, 2.75) is 19.8 Å². The molecule has 1 atom stereocenters. The maximum Gasteiger partial charge on any atom is 0.336 e. The van der Waals surface area contributed by atoms with E-state index in [9.17, 15) is 9.59 Å². The number of ether oxygens (including phenoxy) is 2. The summed E-state index contributed by atoms with van der Waals surface area (Å²) in [4.78, 5) is 28.3. The first kappa shape index (κ1) is 19.0. The molecule has 0 saturated carbocycles. The number of hydrogen-bond acceptors (Lipinski definition) is 5. The molecule has 5 heteroatoms. The number of hydrogen-bond donors (Lipinski definition) is 0. The Labute approximate surface area is 170 Å². The van der Waals surface area contributed by atoms with Gasteiger partial charge in [0.25, 0.3) is 0 Å². The average Bonchev–Trinajstić information content (AvgIpc) is 3.03. The molecule has 0 spiro atoms. The highest BCUT2D eigenvalue weighted by Crippen LogP contribution is 2.50. The normalized spacial score (nSPS) is 18.0. The van der Waals surface area contributed by atoms with Crippen LogP contribution in [0.15, 0.2) is 65.4 Å². The molecule has 4 rings (SSSR count). The third kappa shape index (κ3) is 2.85. The van der Waals surface area contributed by atoms with E-state index >= 15 is 0 Å². The molecule has 0 N–H and O–H groups in total. The van der Waals surface area contributed by atoms with Gasteiger partial charge in [0.15, 0.2) is 5.78 Å². The van der Waals surface area contributed by atoms with Gasteiger partial charge in [-0.2, -0.15) is 0 Å². The Balaban J connectivity index is 1.95. The summed E-state index contributed by atoms with van der Waals surface area (Å²) >= 11 is 0. The highest BCUT2D eigenvalue weighted by atomic mass is 16.5. The van der Waals surface area contributed by atoms with E-state index in [1.807, 2.05) is 67.4 Å². The second kappa shape index (κ2) is 7.24. The van der Waals surface area contributed by atoms with E-state index in [1.165, 1.54) is 0 Å². The fraction of sp³-hybridized carbons (Fsp3) is 0.250. The van der Waals surface area contributed by atoms with Crippen LogP contribution in [-0.4, -0.2) is 37.4 Å². The number of Topliss-reactive ketones (excluding diaryl/α,β-unsaturated/α-hetero) is 1. The van der Waals surface area contributed by atoms with Crippen molar-refractivity contribution in [1.29, 1.82) is 0 Å². The molecule has 0 unspecified atom stereocenters. The smallest absolute Gasteiger partial charge is 0.336 e. The third-order valence-corrected chi connectivity index (χ3v) is 5.68. The van der Waals surface area contributed by atoms with Gasteiger partial charge in [-0.1, -0.05) is 36.4 Å². The van der Waals surface area contributed by atoms with Crippen molar-refractivity contribution in [3.05, 3.63) is 82.1 Å². The lowest BCUT2D eigenvalue weighted by atomic mass is 9.79. The van der Waals surface area contributed by atoms with Crippen LogP contribution in [0.2, 0.25) is 0 Å². The molecule has 0 bridgehead atoms. The van der Waals surface area contributed by atoms with Crippen molar-refractivity contribution in [3.8, 4) is 5.75 Å². The highest BCUT2D eigenvalue weighted by Gasteiger charge is 2.44. The molecule has 0 amide bonds. The van der Waals surface area contributed by atoms with Crippen LogP contribution >= 0.6 is 0 Å². The fourth-order valence-corrected chi connectivity index (χ4v) is 4.22. The van der Waals surface area contributed by atoms with E-state index in [-0.39, 0.29) is 12.4 Å². The number of methoxy groups -OCH3 is 1. The van der Waals surface area contributed by atoms with Crippen LogP contribution in [0.3, 0.4) is 0 Å².